The van der Waals surface area contributed by atoms with E-state index in [0.29, 0.717) is 11.4 Å². The molecule has 0 spiro atoms. The van der Waals surface area contributed by atoms with Gasteiger partial charge in [-0.3, -0.25) is 10.1 Å². The van der Waals surface area contributed by atoms with E-state index in [1.165, 1.54) is 11.0 Å². The van der Waals surface area contributed by atoms with Crippen molar-refractivity contribution in [2.75, 3.05) is 11.9 Å². The van der Waals surface area contributed by atoms with Crippen LogP contribution in [0.5, 0.6) is 0 Å². The van der Waals surface area contributed by atoms with Crippen LogP contribution in [0, 0.1) is 0 Å². The van der Waals surface area contributed by atoms with Crippen molar-refractivity contribution in [3.63, 3.8) is 0 Å². The van der Waals surface area contributed by atoms with Gasteiger partial charge in [-0.05, 0) is 22.6 Å². The van der Waals surface area contributed by atoms with Crippen LogP contribution in [0.3, 0.4) is 0 Å². The summed E-state index contributed by atoms with van der Waals surface area (Å²) in [5.74, 6) is -1.03. The van der Waals surface area contributed by atoms with Gasteiger partial charge in [-0.25, -0.2) is 4.79 Å². The van der Waals surface area contributed by atoms with Crippen molar-refractivity contribution < 1.29 is 18.8 Å². The number of hydrogen-bond donors (Lipinski definition) is 1. The number of nitrogens with one attached hydrogen (secondary N) is 1. The van der Waals surface area contributed by atoms with Crippen LogP contribution in [0.4, 0.5) is 5.88 Å². The Balaban J connectivity index is 1.61. The molecule has 0 saturated heterocycles. The third-order valence-corrected chi connectivity index (χ3v) is 3.60. The Kier molecular flexibility index (Phi) is 4.97. The molecule has 0 atom stereocenters. The number of ether oxygens (including phenoxy) is 1. The van der Waals surface area contributed by atoms with E-state index in [9.17, 15) is 9.59 Å². The van der Waals surface area contributed by atoms with Crippen molar-refractivity contribution in [3.05, 3.63) is 47.9 Å². The molecule has 3 rings (SSSR count). The second kappa shape index (κ2) is 7.36. The third kappa shape index (κ3) is 4.35. The van der Waals surface area contributed by atoms with Crippen LogP contribution >= 0.6 is 0 Å². The molecule has 10 nitrogen and oxygen atoms in total. The maximum absolute atomic E-state index is 12.3. The molecule has 27 heavy (non-hydrogen) atoms. The highest BCUT2D eigenvalue weighted by Gasteiger charge is 2.20. The highest BCUT2D eigenvalue weighted by molar-refractivity contribution is 5.96. The fraction of sp³-hybridized carbons (Fsp3) is 0.294. The fourth-order valence-electron chi connectivity index (χ4n) is 2.19. The minimum atomic E-state index is -0.677. The molecule has 2 aromatic heterocycles. The predicted molar refractivity (Wildman–Crippen MR) is 93.3 cm³/mol. The van der Waals surface area contributed by atoms with Crippen molar-refractivity contribution in [1.82, 2.24) is 25.4 Å². The molecule has 0 fully saturated rings. The summed E-state index contributed by atoms with van der Waals surface area (Å²) >= 11 is 0. The molecule has 0 unspecified atom stereocenters. The van der Waals surface area contributed by atoms with Crippen LogP contribution in [-0.4, -0.2) is 43.8 Å². The van der Waals surface area contributed by atoms with Crippen molar-refractivity contribution >= 4 is 17.8 Å². The SMILES string of the molecule is CC(C)(C)c1cc(NC(=O)COC(=O)c2ccccc2-n2cnnn2)on1. The standard InChI is InChI=1S/C17H18N6O4/c1-17(2,3)13-8-15(27-20-13)19-14(24)9-26-16(25)11-6-4-5-7-12(11)23-10-18-21-22-23/h4-8,10H,9H2,1-3H3,(H,19,24). The molecule has 0 aliphatic carbocycles. The van der Waals surface area contributed by atoms with Gasteiger partial charge in [-0.1, -0.05) is 38.1 Å². The molecule has 0 aliphatic heterocycles. The van der Waals surface area contributed by atoms with Gasteiger partial charge in [0.1, 0.15) is 6.33 Å². The van der Waals surface area contributed by atoms with Crippen LogP contribution in [0.1, 0.15) is 36.8 Å². The second-order valence-electron chi connectivity index (χ2n) is 6.72. The zero-order valence-electron chi connectivity index (χ0n) is 15.0. The van der Waals surface area contributed by atoms with Gasteiger partial charge < -0.3 is 9.26 Å². The number of hydrogen-bond acceptors (Lipinski definition) is 8. The van der Waals surface area contributed by atoms with Crippen molar-refractivity contribution in [2.45, 2.75) is 26.2 Å². The Morgan fingerprint density at radius 3 is 2.70 bits per heavy atom. The first-order valence-corrected chi connectivity index (χ1v) is 8.11. The molecule has 3 aromatic rings. The minimum absolute atomic E-state index is 0.190. The van der Waals surface area contributed by atoms with Crippen LogP contribution in [-0.2, 0) is 14.9 Å². The lowest BCUT2D eigenvalue weighted by molar-refractivity contribution is -0.119. The Labute approximate surface area is 154 Å². The van der Waals surface area contributed by atoms with Crippen LogP contribution in [0.15, 0.2) is 41.2 Å². The number of tetrazole rings is 1. The lowest BCUT2D eigenvalue weighted by atomic mass is 9.92. The summed E-state index contributed by atoms with van der Waals surface area (Å²) in [5.41, 5.74) is 1.16. The number of nitrogens with zero attached hydrogens (tertiary/aromatic N) is 5. The lowest BCUT2D eigenvalue weighted by Crippen LogP contribution is -2.21. The first-order valence-electron chi connectivity index (χ1n) is 8.11. The molecule has 10 heteroatoms. The molecule has 1 amide bonds. The first-order chi connectivity index (χ1) is 12.8. The molecule has 0 radical (unpaired) electrons. The molecule has 2 heterocycles. The smallest absolute Gasteiger partial charge is 0.340 e. The van der Waals surface area contributed by atoms with Gasteiger partial charge in [0.2, 0.25) is 5.88 Å². The number of para-hydroxylation sites is 1. The van der Waals surface area contributed by atoms with Gasteiger partial charge >= 0.3 is 5.97 Å². The molecule has 0 bridgehead atoms. The van der Waals surface area contributed by atoms with E-state index >= 15 is 0 Å². The van der Waals surface area contributed by atoms with Crippen LogP contribution in [0.25, 0.3) is 5.69 Å². The van der Waals surface area contributed by atoms with E-state index in [1.54, 1.807) is 30.3 Å². The number of anilines is 1. The second-order valence-corrected chi connectivity index (χ2v) is 6.72. The molecule has 0 saturated carbocycles. The van der Waals surface area contributed by atoms with Gasteiger partial charge in [-0.15, -0.1) is 5.10 Å². The summed E-state index contributed by atoms with van der Waals surface area (Å²) in [6.45, 7) is 5.44. The Bertz CT molecular complexity index is 942. The normalized spacial score (nSPS) is 11.2. The van der Waals surface area contributed by atoms with Crippen molar-refractivity contribution in [2.24, 2.45) is 0 Å². The highest BCUT2D eigenvalue weighted by atomic mass is 16.5. The number of esters is 1. The van der Waals surface area contributed by atoms with Gasteiger partial charge in [0.25, 0.3) is 5.91 Å². The average molecular weight is 370 g/mol. The van der Waals surface area contributed by atoms with Crippen LogP contribution in [0.2, 0.25) is 0 Å². The maximum atomic E-state index is 12.3. The topological polar surface area (TPSA) is 125 Å². The van der Waals surface area contributed by atoms with E-state index < -0.39 is 18.5 Å². The summed E-state index contributed by atoms with van der Waals surface area (Å²) in [7, 11) is 0. The van der Waals surface area contributed by atoms with Crippen molar-refractivity contribution in [1.29, 1.82) is 0 Å². The van der Waals surface area contributed by atoms with Crippen molar-refractivity contribution in [3.8, 4) is 5.69 Å². The average Bonchev–Trinajstić information content (AvgIpc) is 3.31. The van der Waals surface area contributed by atoms with E-state index in [1.807, 2.05) is 20.8 Å². The first kappa shape index (κ1) is 18.2. The monoisotopic (exact) mass is 370 g/mol. The number of aromatic nitrogens is 5. The van der Waals surface area contributed by atoms with E-state index in [4.69, 9.17) is 9.26 Å². The molecular formula is C17H18N6O4. The Hall–Kier alpha value is -3.56. The highest BCUT2D eigenvalue weighted by Crippen LogP contribution is 2.23. The Morgan fingerprint density at radius 1 is 1.26 bits per heavy atom. The summed E-state index contributed by atoms with van der Waals surface area (Å²) in [6.07, 6.45) is 1.36. The largest absolute Gasteiger partial charge is 0.452 e. The number of carbonyl (C=O) groups is 2. The van der Waals surface area contributed by atoms with E-state index in [0.717, 1.165) is 0 Å². The third-order valence-electron chi connectivity index (χ3n) is 3.60. The lowest BCUT2D eigenvalue weighted by Gasteiger charge is -2.12. The number of rotatable bonds is 5. The number of benzene rings is 1. The quantitative estimate of drug-likeness (QED) is 0.673. The summed E-state index contributed by atoms with van der Waals surface area (Å²) in [6, 6.07) is 8.26. The summed E-state index contributed by atoms with van der Waals surface area (Å²) in [4.78, 5) is 24.3. The number of carbonyl (C=O) groups excluding carboxylic acids is 2. The Morgan fingerprint density at radius 2 is 2.04 bits per heavy atom. The fourth-order valence-corrected chi connectivity index (χ4v) is 2.19. The summed E-state index contributed by atoms with van der Waals surface area (Å²) in [5, 5.41) is 17.2. The minimum Gasteiger partial charge on any atom is -0.452 e. The molecule has 1 N–H and O–H groups in total. The predicted octanol–water partition coefficient (Wildman–Crippen LogP) is 1.74. The van der Waals surface area contributed by atoms with E-state index in [-0.39, 0.29) is 16.9 Å². The maximum Gasteiger partial charge on any atom is 0.340 e. The van der Waals surface area contributed by atoms with Gasteiger partial charge in [0.15, 0.2) is 6.61 Å². The molecular weight excluding hydrogens is 352 g/mol. The molecule has 1 aromatic carbocycles. The summed E-state index contributed by atoms with van der Waals surface area (Å²) < 4.78 is 11.5. The van der Waals surface area contributed by atoms with Crippen LogP contribution < -0.4 is 5.32 Å². The van der Waals surface area contributed by atoms with E-state index in [2.05, 4.69) is 26.0 Å². The number of amides is 1. The molecule has 0 aliphatic rings. The zero-order valence-corrected chi connectivity index (χ0v) is 15.0. The van der Waals surface area contributed by atoms with Gasteiger partial charge in [0.05, 0.1) is 16.9 Å². The van der Waals surface area contributed by atoms with Gasteiger partial charge in [0, 0.05) is 11.5 Å². The zero-order chi connectivity index (χ0) is 19.4. The molecule has 140 valence electrons. The van der Waals surface area contributed by atoms with Gasteiger partial charge in [-0.2, -0.15) is 4.68 Å².